The van der Waals surface area contributed by atoms with Crippen LogP contribution >= 0.6 is 0 Å². The molecule has 3 rings (SSSR count). The molecule has 1 aliphatic carbocycles. The maximum atomic E-state index is 12.5. The van der Waals surface area contributed by atoms with Crippen LogP contribution in [0.5, 0.6) is 5.75 Å². The minimum atomic E-state index is -0.356. The van der Waals surface area contributed by atoms with Crippen molar-refractivity contribution in [3.05, 3.63) is 59.7 Å². The van der Waals surface area contributed by atoms with Crippen molar-refractivity contribution in [2.45, 2.75) is 51.0 Å². The summed E-state index contributed by atoms with van der Waals surface area (Å²) in [4.78, 5) is 12.5. The third kappa shape index (κ3) is 3.88. The Hall–Kier alpha value is -2.80. The molecule has 134 valence electrons. The fourth-order valence-corrected chi connectivity index (χ4v) is 3.50. The van der Waals surface area contributed by atoms with Gasteiger partial charge in [-0.05, 0) is 62.6 Å². The van der Waals surface area contributed by atoms with Crippen LogP contribution in [0.4, 0.5) is 5.69 Å². The Labute approximate surface area is 154 Å². The zero-order chi connectivity index (χ0) is 18.6. The van der Waals surface area contributed by atoms with Crippen LogP contribution in [0, 0.1) is 11.3 Å². The zero-order valence-corrected chi connectivity index (χ0v) is 15.3. The number of nitrogens with zero attached hydrogens (tertiary/aromatic N) is 1. The molecule has 1 amide bonds. The molecule has 1 saturated carbocycles. The third-order valence-corrected chi connectivity index (χ3v) is 4.83. The Kier molecular flexibility index (Phi) is 5.27. The van der Waals surface area contributed by atoms with E-state index >= 15 is 0 Å². The van der Waals surface area contributed by atoms with E-state index in [0.29, 0.717) is 11.3 Å². The minimum Gasteiger partial charge on any atom is -0.491 e. The Balaban J connectivity index is 1.71. The first-order chi connectivity index (χ1) is 12.5. The quantitative estimate of drug-likeness (QED) is 0.821. The summed E-state index contributed by atoms with van der Waals surface area (Å²) in [5.41, 5.74) is 1.96. The van der Waals surface area contributed by atoms with Crippen molar-refractivity contribution in [3.8, 4) is 11.8 Å². The smallest absolute Gasteiger partial charge is 0.255 e. The van der Waals surface area contributed by atoms with Crippen molar-refractivity contribution in [1.82, 2.24) is 0 Å². The summed E-state index contributed by atoms with van der Waals surface area (Å²) >= 11 is 0. The molecule has 0 aromatic heterocycles. The topological polar surface area (TPSA) is 62.1 Å². The molecular formula is C22H24N2O2. The van der Waals surface area contributed by atoms with Crippen molar-refractivity contribution in [1.29, 1.82) is 5.26 Å². The maximum absolute atomic E-state index is 12.5. The van der Waals surface area contributed by atoms with Crippen LogP contribution in [0.3, 0.4) is 0 Å². The number of amides is 1. The van der Waals surface area contributed by atoms with Crippen molar-refractivity contribution >= 4 is 11.6 Å². The predicted octanol–water partition coefficient (Wildman–Crippen LogP) is 5.06. The molecule has 1 N–H and O–H groups in total. The summed E-state index contributed by atoms with van der Waals surface area (Å²) in [6, 6.07) is 17.3. The standard InChI is InChI=1S/C22H24N2O2/c1-16(2)26-20-7-5-6-17(14-20)21(25)24-19-10-8-18(9-11-19)22(15-23)12-3-4-13-22/h5-11,14,16H,3-4,12-13H2,1-2H3,(H,24,25). The number of carbonyl (C=O) groups is 1. The molecular weight excluding hydrogens is 324 g/mol. The Morgan fingerprint density at radius 2 is 1.85 bits per heavy atom. The van der Waals surface area contributed by atoms with Crippen molar-refractivity contribution in [2.75, 3.05) is 5.32 Å². The van der Waals surface area contributed by atoms with Gasteiger partial charge in [0.25, 0.3) is 5.91 Å². The lowest BCUT2D eigenvalue weighted by atomic mass is 9.80. The van der Waals surface area contributed by atoms with Gasteiger partial charge in [-0.15, -0.1) is 0 Å². The number of ether oxygens (including phenoxy) is 1. The predicted molar refractivity (Wildman–Crippen MR) is 102 cm³/mol. The number of anilines is 1. The summed E-state index contributed by atoms with van der Waals surface area (Å²) in [6.45, 7) is 3.90. The minimum absolute atomic E-state index is 0.0592. The second kappa shape index (κ2) is 7.61. The average Bonchev–Trinajstić information content (AvgIpc) is 3.12. The molecule has 0 atom stereocenters. The highest BCUT2D eigenvalue weighted by molar-refractivity contribution is 6.04. The second-order valence-corrected chi connectivity index (χ2v) is 7.13. The van der Waals surface area contributed by atoms with E-state index in [1.165, 1.54) is 0 Å². The van der Waals surface area contributed by atoms with E-state index in [0.717, 1.165) is 36.9 Å². The average molecular weight is 348 g/mol. The van der Waals surface area contributed by atoms with Crippen LogP contribution in [0.25, 0.3) is 0 Å². The molecule has 26 heavy (non-hydrogen) atoms. The van der Waals surface area contributed by atoms with Gasteiger partial charge in [0.2, 0.25) is 0 Å². The first kappa shape index (κ1) is 18.0. The first-order valence-electron chi connectivity index (χ1n) is 9.12. The number of nitriles is 1. The molecule has 0 saturated heterocycles. The highest BCUT2D eigenvalue weighted by atomic mass is 16.5. The molecule has 0 heterocycles. The number of benzene rings is 2. The molecule has 1 aliphatic rings. The van der Waals surface area contributed by atoms with Gasteiger partial charge in [-0.2, -0.15) is 5.26 Å². The zero-order valence-electron chi connectivity index (χ0n) is 15.3. The number of hydrogen-bond acceptors (Lipinski definition) is 3. The van der Waals surface area contributed by atoms with Crippen LogP contribution < -0.4 is 10.1 Å². The van der Waals surface area contributed by atoms with Crippen LogP contribution in [-0.4, -0.2) is 12.0 Å². The van der Waals surface area contributed by atoms with Gasteiger partial charge in [0.05, 0.1) is 17.6 Å². The Bertz CT molecular complexity index is 813. The molecule has 0 radical (unpaired) electrons. The summed E-state index contributed by atoms with van der Waals surface area (Å²) in [7, 11) is 0. The number of nitrogens with one attached hydrogen (secondary N) is 1. The van der Waals surface area contributed by atoms with E-state index in [2.05, 4.69) is 11.4 Å². The van der Waals surface area contributed by atoms with E-state index in [1.807, 2.05) is 50.2 Å². The van der Waals surface area contributed by atoms with E-state index in [9.17, 15) is 10.1 Å². The van der Waals surface area contributed by atoms with E-state index < -0.39 is 0 Å². The number of rotatable bonds is 5. The fraction of sp³-hybridized carbons (Fsp3) is 0.364. The summed E-state index contributed by atoms with van der Waals surface area (Å²) in [6.07, 6.45) is 4.08. The van der Waals surface area contributed by atoms with Crippen molar-refractivity contribution in [2.24, 2.45) is 0 Å². The van der Waals surface area contributed by atoms with Gasteiger partial charge >= 0.3 is 0 Å². The molecule has 2 aromatic carbocycles. The monoisotopic (exact) mass is 348 g/mol. The van der Waals surface area contributed by atoms with Gasteiger partial charge in [-0.25, -0.2) is 0 Å². The van der Waals surface area contributed by atoms with E-state index in [-0.39, 0.29) is 17.4 Å². The molecule has 4 nitrogen and oxygen atoms in total. The van der Waals surface area contributed by atoms with Crippen LogP contribution in [-0.2, 0) is 5.41 Å². The van der Waals surface area contributed by atoms with Gasteiger partial charge in [-0.3, -0.25) is 4.79 Å². The Morgan fingerprint density at radius 3 is 2.46 bits per heavy atom. The van der Waals surface area contributed by atoms with Gasteiger partial charge < -0.3 is 10.1 Å². The molecule has 0 spiro atoms. The van der Waals surface area contributed by atoms with Gasteiger partial charge in [0, 0.05) is 11.3 Å². The first-order valence-corrected chi connectivity index (χ1v) is 9.12. The lowest BCUT2D eigenvalue weighted by Gasteiger charge is -2.21. The number of carbonyl (C=O) groups excluding carboxylic acids is 1. The van der Waals surface area contributed by atoms with Gasteiger partial charge in [0.15, 0.2) is 0 Å². The summed E-state index contributed by atoms with van der Waals surface area (Å²) < 4.78 is 5.64. The summed E-state index contributed by atoms with van der Waals surface area (Å²) in [5, 5.41) is 12.5. The van der Waals surface area contributed by atoms with Crippen LogP contribution in [0.2, 0.25) is 0 Å². The molecule has 1 fully saturated rings. The highest BCUT2D eigenvalue weighted by Gasteiger charge is 2.35. The fourth-order valence-electron chi connectivity index (χ4n) is 3.50. The van der Waals surface area contributed by atoms with E-state index in [1.54, 1.807) is 12.1 Å². The Morgan fingerprint density at radius 1 is 1.15 bits per heavy atom. The normalized spacial score (nSPS) is 15.5. The lowest BCUT2D eigenvalue weighted by Crippen LogP contribution is -2.19. The molecule has 4 heteroatoms. The van der Waals surface area contributed by atoms with Crippen LogP contribution in [0.15, 0.2) is 48.5 Å². The number of hydrogen-bond donors (Lipinski definition) is 1. The molecule has 0 bridgehead atoms. The van der Waals surface area contributed by atoms with Crippen molar-refractivity contribution < 1.29 is 9.53 Å². The van der Waals surface area contributed by atoms with Crippen molar-refractivity contribution in [3.63, 3.8) is 0 Å². The largest absolute Gasteiger partial charge is 0.491 e. The molecule has 2 aromatic rings. The lowest BCUT2D eigenvalue weighted by molar-refractivity contribution is 0.102. The molecule has 0 aliphatic heterocycles. The van der Waals surface area contributed by atoms with Gasteiger partial charge in [-0.1, -0.05) is 31.0 Å². The highest BCUT2D eigenvalue weighted by Crippen LogP contribution is 2.40. The molecule has 0 unspecified atom stereocenters. The van der Waals surface area contributed by atoms with Crippen LogP contribution in [0.1, 0.15) is 55.5 Å². The van der Waals surface area contributed by atoms with Gasteiger partial charge in [0.1, 0.15) is 5.75 Å². The SMILES string of the molecule is CC(C)Oc1cccc(C(=O)Nc2ccc(C3(C#N)CCCC3)cc2)c1. The summed E-state index contributed by atoms with van der Waals surface area (Å²) in [5.74, 6) is 0.503. The maximum Gasteiger partial charge on any atom is 0.255 e. The second-order valence-electron chi connectivity index (χ2n) is 7.13. The third-order valence-electron chi connectivity index (χ3n) is 4.83. The van der Waals surface area contributed by atoms with E-state index in [4.69, 9.17) is 4.74 Å².